The molecule has 0 saturated carbocycles. The van der Waals surface area contributed by atoms with E-state index < -0.39 is 11.7 Å². The minimum absolute atomic E-state index is 0.250. The monoisotopic (exact) mass is 488 g/mol. The summed E-state index contributed by atoms with van der Waals surface area (Å²) in [6.07, 6.45) is 0.924. The molecule has 0 bridgehead atoms. The Morgan fingerprint density at radius 3 is 2.50 bits per heavy atom. The molecule has 1 saturated heterocycles. The van der Waals surface area contributed by atoms with Crippen LogP contribution >= 0.6 is 11.6 Å². The molecule has 3 aromatic rings. The summed E-state index contributed by atoms with van der Waals surface area (Å²) >= 11 is 5.99. The number of nitrogens with one attached hydrogen (secondary N) is 1. The highest BCUT2D eigenvalue weighted by Gasteiger charge is 2.34. The van der Waals surface area contributed by atoms with Gasteiger partial charge in [-0.15, -0.1) is 0 Å². The molecule has 4 rings (SSSR count). The van der Waals surface area contributed by atoms with Gasteiger partial charge < -0.3 is 10.2 Å². The van der Waals surface area contributed by atoms with Gasteiger partial charge in [-0.2, -0.15) is 13.2 Å². The van der Waals surface area contributed by atoms with Crippen LogP contribution in [-0.2, 0) is 12.6 Å². The van der Waals surface area contributed by atoms with Crippen molar-refractivity contribution in [3.63, 3.8) is 0 Å². The fourth-order valence-corrected chi connectivity index (χ4v) is 4.55. The Kier molecular flexibility index (Phi) is 6.79. The van der Waals surface area contributed by atoms with Crippen molar-refractivity contribution < 1.29 is 18.0 Å². The molecule has 2 amide bonds. The van der Waals surface area contributed by atoms with Crippen molar-refractivity contribution in [2.75, 3.05) is 11.9 Å². The van der Waals surface area contributed by atoms with Gasteiger partial charge in [0.15, 0.2) is 0 Å². The molecule has 178 valence electrons. The number of hydrogen-bond acceptors (Lipinski definition) is 3. The van der Waals surface area contributed by atoms with Crippen molar-refractivity contribution in [2.45, 2.75) is 45.3 Å². The van der Waals surface area contributed by atoms with Gasteiger partial charge in [-0.25, -0.2) is 14.8 Å². The number of halogens is 4. The first-order chi connectivity index (χ1) is 16.1. The highest BCUT2D eigenvalue weighted by Crippen LogP contribution is 2.36. The maximum Gasteiger partial charge on any atom is 0.416 e. The molecule has 0 radical (unpaired) electrons. The number of likely N-dealkylation sites (tertiary alicyclic amines) is 1. The molecule has 2 aromatic carbocycles. The first-order valence-electron chi connectivity index (χ1n) is 10.9. The Hall–Kier alpha value is -3.13. The summed E-state index contributed by atoms with van der Waals surface area (Å²) in [4.78, 5) is 23.6. The lowest BCUT2D eigenvalue weighted by molar-refractivity contribution is -0.137. The van der Waals surface area contributed by atoms with Crippen LogP contribution in [0.2, 0.25) is 5.02 Å². The van der Waals surface area contributed by atoms with E-state index in [4.69, 9.17) is 11.6 Å². The average Bonchev–Trinajstić information content (AvgIpc) is 3.27. The summed E-state index contributed by atoms with van der Waals surface area (Å²) < 4.78 is 39.4. The van der Waals surface area contributed by atoms with E-state index in [9.17, 15) is 18.0 Å². The van der Waals surface area contributed by atoms with E-state index in [0.29, 0.717) is 34.8 Å². The first kappa shape index (κ1) is 24.0. The minimum atomic E-state index is -4.44. The highest BCUT2D eigenvalue weighted by atomic mass is 35.5. The van der Waals surface area contributed by atoms with Crippen LogP contribution in [0.25, 0.3) is 0 Å². The Morgan fingerprint density at radius 1 is 1.18 bits per heavy atom. The van der Waals surface area contributed by atoms with E-state index >= 15 is 0 Å². The number of anilines is 1. The molecule has 1 fully saturated rings. The smallest absolute Gasteiger partial charge is 0.316 e. The van der Waals surface area contributed by atoms with E-state index in [0.717, 1.165) is 41.8 Å². The number of carbonyl (C=O) groups is 1. The Bertz CT molecular complexity index is 1170. The third-order valence-corrected chi connectivity index (χ3v) is 6.30. The summed E-state index contributed by atoms with van der Waals surface area (Å²) in [5, 5.41) is 3.49. The van der Waals surface area contributed by atoms with Crippen molar-refractivity contribution >= 4 is 23.3 Å². The Balaban J connectivity index is 1.57. The van der Waals surface area contributed by atoms with Crippen LogP contribution in [-0.4, -0.2) is 27.4 Å². The second-order valence-corrected chi connectivity index (χ2v) is 8.94. The normalized spacial score (nSPS) is 16.1. The lowest BCUT2D eigenvalue weighted by atomic mass is 10.00. The van der Waals surface area contributed by atoms with Crippen LogP contribution in [0.4, 0.5) is 23.7 Å². The van der Waals surface area contributed by atoms with Gasteiger partial charge >= 0.3 is 12.2 Å². The van der Waals surface area contributed by atoms with Crippen molar-refractivity contribution in [2.24, 2.45) is 0 Å². The standard InChI is InChI=1S/C25H24ClF3N4O/c1-15-10-19(25(27,28)29)11-16(2)22(15)32-24(34)33-9-3-4-21(33)23-18(13-30-14-31-23)12-17-5-7-20(26)8-6-17/h5-8,10-11,13-14,21H,3-4,9,12H2,1-2H3,(H,32,34)/t21-/m1/s1. The molecule has 0 aliphatic carbocycles. The minimum Gasteiger partial charge on any atom is -0.316 e. The molecule has 1 aromatic heterocycles. The highest BCUT2D eigenvalue weighted by molar-refractivity contribution is 6.30. The zero-order chi connectivity index (χ0) is 24.5. The number of nitrogens with zero attached hydrogens (tertiary/aromatic N) is 3. The maximum atomic E-state index is 13.2. The topological polar surface area (TPSA) is 58.1 Å². The molecule has 0 unspecified atom stereocenters. The number of aromatic nitrogens is 2. The van der Waals surface area contributed by atoms with Crippen LogP contribution in [0, 0.1) is 13.8 Å². The molecular weight excluding hydrogens is 465 g/mol. The molecule has 1 aliphatic rings. The maximum absolute atomic E-state index is 13.2. The number of alkyl halides is 3. The first-order valence-corrected chi connectivity index (χ1v) is 11.3. The van der Waals surface area contributed by atoms with E-state index in [2.05, 4.69) is 15.3 Å². The second-order valence-electron chi connectivity index (χ2n) is 8.50. The fraction of sp³-hybridized carbons (Fsp3) is 0.320. The number of aryl methyl sites for hydroxylation is 2. The van der Waals surface area contributed by atoms with Crippen LogP contribution in [0.15, 0.2) is 48.9 Å². The predicted octanol–water partition coefficient (Wildman–Crippen LogP) is 6.73. The lowest BCUT2D eigenvalue weighted by Gasteiger charge is -2.27. The molecule has 1 aliphatic heterocycles. The van der Waals surface area contributed by atoms with Gasteiger partial charge in [0.2, 0.25) is 0 Å². The van der Waals surface area contributed by atoms with Gasteiger partial charge in [-0.3, -0.25) is 0 Å². The van der Waals surface area contributed by atoms with Crippen molar-refractivity contribution in [1.82, 2.24) is 14.9 Å². The number of benzene rings is 2. The number of hydrogen-bond donors (Lipinski definition) is 1. The number of urea groups is 1. The van der Waals surface area contributed by atoms with Gasteiger partial charge in [0.05, 0.1) is 17.3 Å². The van der Waals surface area contributed by atoms with Crippen LogP contribution in [0.5, 0.6) is 0 Å². The third-order valence-electron chi connectivity index (χ3n) is 6.05. The zero-order valence-corrected chi connectivity index (χ0v) is 19.5. The van der Waals surface area contributed by atoms with E-state index in [1.54, 1.807) is 24.9 Å². The zero-order valence-electron chi connectivity index (χ0n) is 18.8. The predicted molar refractivity (Wildman–Crippen MR) is 125 cm³/mol. The van der Waals surface area contributed by atoms with Crippen LogP contribution < -0.4 is 5.32 Å². The van der Waals surface area contributed by atoms with Crippen molar-refractivity contribution in [3.8, 4) is 0 Å². The molecule has 2 heterocycles. The number of rotatable bonds is 4. The van der Waals surface area contributed by atoms with Gasteiger partial charge in [0.1, 0.15) is 6.33 Å². The molecule has 1 atom stereocenters. The SMILES string of the molecule is Cc1cc(C(F)(F)F)cc(C)c1NC(=O)N1CCC[C@@H]1c1ncncc1Cc1ccc(Cl)cc1. The number of carbonyl (C=O) groups excluding carboxylic acids is 1. The third kappa shape index (κ3) is 5.17. The van der Waals surface area contributed by atoms with Crippen molar-refractivity contribution in [1.29, 1.82) is 0 Å². The van der Waals surface area contributed by atoms with Crippen LogP contribution in [0.3, 0.4) is 0 Å². The second kappa shape index (κ2) is 9.62. The van der Waals surface area contributed by atoms with Gasteiger partial charge in [-0.1, -0.05) is 23.7 Å². The summed E-state index contributed by atoms with van der Waals surface area (Å²) in [7, 11) is 0. The summed E-state index contributed by atoms with van der Waals surface area (Å²) in [6.45, 7) is 3.65. The van der Waals surface area contributed by atoms with Crippen LogP contribution in [0.1, 0.15) is 52.4 Å². The fourth-order valence-electron chi connectivity index (χ4n) is 4.42. The van der Waals surface area contributed by atoms with Crippen molar-refractivity contribution in [3.05, 3.63) is 87.5 Å². The molecule has 0 spiro atoms. The lowest BCUT2D eigenvalue weighted by Crippen LogP contribution is -2.35. The van der Waals surface area contributed by atoms with E-state index in [-0.39, 0.29) is 12.1 Å². The largest absolute Gasteiger partial charge is 0.416 e. The molecule has 5 nitrogen and oxygen atoms in total. The number of amides is 2. The summed E-state index contributed by atoms with van der Waals surface area (Å²) in [5.74, 6) is 0. The molecule has 34 heavy (non-hydrogen) atoms. The van der Waals surface area contributed by atoms with Gasteiger partial charge in [0.25, 0.3) is 0 Å². The Morgan fingerprint density at radius 2 is 1.85 bits per heavy atom. The quantitative estimate of drug-likeness (QED) is 0.443. The molecule has 9 heteroatoms. The summed E-state index contributed by atoms with van der Waals surface area (Å²) in [6, 6.07) is 9.03. The molecular formula is C25H24ClF3N4O. The van der Waals surface area contributed by atoms with Gasteiger partial charge in [-0.05, 0) is 73.2 Å². The van der Waals surface area contributed by atoms with E-state index in [1.165, 1.54) is 6.33 Å². The molecule has 1 N–H and O–H groups in total. The average molecular weight is 489 g/mol. The summed E-state index contributed by atoms with van der Waals surface area (Å²) in [5.41, 5.74) is 3.13. The Labute approximate surface area is 201 Å². The van der Waals surface area contributed by atoms with Gasteiger partial charge in [0, 0.05) is 29.9 Å². The van der Waals surface area contributed by atoms with E-state index in [1.807, 2.05) is 24.3 Å².